The van der Waals surface area contributed by atoms with E-state index in [1.54, 1.807) is 6.20 Å². The molecule has 3 heteroatoms. The zero-order valence-electron chi connectivity index (χ0n) is 16.4. The van der Waals surface area contributed by atoms with Gasteiger partial charge in [0, 0.05) is 28.9 Å². The van der Waals surface area contributed by atoms with Gasteiger partial charge in [0.25, 0.3) is 0 Å². The van der Waals surface area contributed by atoms with E-state index in [9.17, 15) is 0 Å². The maximum Gasteiger partial charge on any atom is 0.156 e. The maximum atomic E-state index is 6.11. The molecule has 0 radical (unpaired) electrons. The van der Waals surface area contributed by atoms with Crippen LogP contribution in [0.5, 0.6) is 0 Å². The molecular weight excluding hydrogens is 356 g/mol. The van der Waals surface area contributed by atoms with Gasteiger partial charge in [-0.2, -0.15) is 0 Å². The largest absolute Gasteiger partial charge is 0.454 e. The van der Waals surface area contributed by atoms with Gasteiger partial charge in [0.05, 0.1) is 5.69 Å². The van der Waals surface area contributed by atoms with Crippen molar-refractivity contribution in [1.82, 2.24) is 9.97 Å². The highest BCUT2D eigenvalue weighted by molar-refractivity contribution is 5.91. The number of furan rings is 1. The number of nitrogens with zero attached hydrogens (tertiary/aromatic N) is 2. The molecule has 0 saturated heterocycles. The van der Waals surface area contributed by atoms with Gasteiger partial charge >= 0.3 is 0 Å². The van der Waals surface area contributed by atoms with E-state index in [2.05, 4.69) is 66.3 Å². The highest BCUT2D eigenvalue weighted by Gasteiger charge is 2.14. The summed E-state index contributed by atoms with van der Waals surface area (Å²) >= 11 is 0. The third-order valence-corrected chi connectivity index (χ3v) is 5.24. The standard InChI is InChI=1S/C26H20N2O/c1-17-11-13-28-24(14-17)21-7-5-6-19(15-21)20-9-10-25-22(16-20)18(2)26(29-25)23-8-3-4-12-27-23/h3-16H,1-2H3. The predicted molar refractivity (Wildman–Crippen MR) is 118 cm³/mol. The molecule has 3 aromatic heterocycles. The van der Waals surface area contributed by atoms with Crippen LogP contribution >= 0.6 is 0 Å². The van der Waals surface area contributed by atoms with Gasteiger partial charge in [-0.15, -0.1) is 0 Å². The molecular formula is C26H20N2O. The summed E-state index contributed by atoms with van der Waals surface area (Å²) < 4.78 is 6.11. The Bertz CT molecular complexity index is 1320. The minimum atomic E-state index is 0.829. The normalized spacial score (nSPS) is 11.1. The number of aryl methyl sites for hydroxylation is 2. The fourth-order valence-corrected chi connectivity index (χ4v) is 3.69. The molecule has 0 fully saturated rings. The van der Waals surface area contributed by atoms with Gasteiger partial charge in [-0.05, 0) is 73.0 Å². The molecule has 0 unspecified atom stereocenters. The average Bonchev–Trinajstić information content (AvgIpc) is 3.10. The summed E-state index contributed by atoms with van der Waals surface area (Å²) in [7, 11) is 0. The second-order valence-corrected chi connectivity index (χ2v) is 7.28. The molecule has 0 atom stereocenters. The van der Waals surface area contributed by atoms with Crippen LogP contribution in [0.2, 0.25) is 0 Å². The minimum absolute atomic E-state index is 0.829. The smallest absolute Gasteiger partial charge is 0.156 e. The summed E-state index contributed by atoms with van der Waals surface area (Å²) in [6, 6.07) is 24.9. The quantitative estimate of drug-likeness (QED) is 0.346. The van der Waals surface area contributed by atoms with Crippen LogP contribution in [0.1, 0.15) is 11.1 Å². The summed E-state index contributed by atoms with van der Waals surface area (Å²) in [5.41, 5.74) is 8.47. The molecule has 0 amide bonds. The zero-order valence-corrected chi connectivity index (χ0v) is 16.4. The first-order chi connectivity index (χ1) is 14.2. The van der Waals surface area contributed by atoms with Crippen LogP contribution in [0.3, 0.4) is 0 Å². The van der Waals surface area contributed by atoms with Crippen LogP contribution in [0, 0.1) is 13.8 Å². The van der Waals surface area contributed by atoms with Crippen LogP contribution < -0.4 is 0 Å². The van der Waals surface area contributed by atoms with Gasteiger partial charge in [-0.1, -0.05) is 30.3 Å². The van der Waals surface area contributed by atoms with Gasteiger partial charge in [0.1, 0.15) is 11.3 Å². The average molecular weight is 376 g/mol. The number of fused-ring (bicyclic) bond motifs is 1. The van der Waals surface area contributed by atoms with Gasteiger partial charge in [-0.25, -0.2) is 0 Å². The molecule has 140 valence electrons. The van der Waals surface area contributed by atoms with Crippen molar-refractivity contribution in [2.45, 2.75) is 13.8 Å². The Hall–Kier alpha value is -3.72. The van der Waals surface area contributed by atoms with Crippen molar-refractivity contribution >= 4 is 11.0 Å². The molecule has 5 rings (SSSR count). The van der Waals surface area contributed by atoms with Gasteiger partial charge in [0.15, 0.2) is 5.76 Å². The Morgan fingerprint density at radius 2 is 1.48 bits per heavy atom. The van der Waals surface area contributed by atoms with Crippen LogP contribution in [0.4, 0.5) is 0 Å². The molecule has 0 aliphatic carbocycles. The highest BCUT2D eigenvalue weighted by atomic mass is 16.3. The van der Waals surface area contributed by atoms with Crippen molar-refractivity contribution in [2.24, 2.45) is 0 Å². The Morgan fingerprint density at radius 1 is 0.655 bits per heavy atom. The zero-order chi connectivity index (χ0) is 19.8. The SMILES string of the molecule is Cc1ccnc(-c2cccc(-c3ccc4oc(-c5ccccn5)c(C)c4c3)c2)c1. The second kappa shape index (κ2) is 7.02. The van der Waals surface area contributed by atoms with Crippen molar-refractivity contribution in [1.29, 1.82) is 0 Å². The molecule has 2 aromatic carbocycles. The lowest BCUT2D eigenvalue weighted by Gasteiger charge is -2.06. The van der Waals surface area contributed by atoms with Crippen LogP contribution in [-0.2, 0) is 0 Å². The van der Waals surface area contributed by atoms with E-state index in [0.717, 1.165) is 50.4 Å². The predicted octanol–water partition coefficient (Wildman–Crippen LogP) is 6.84. The Morgan fingerprint density at radius 3 is 2.31 bits per heavy atom. The van der Waals surface area contributed by atoms with Crippen molar-refractivity contribution < 1.29 is 4.42 Å². The summed E-state index contributed by atoms with van der Waals surface area (Å²) in [5, 5.41) is 1.11. The first-order valence-corrected chi connectivity index (χ1v) is 9.67. The molecule has 0 saturated carbocycles. The van der Waals surface area contributed by atoms with E-state index in [0.29, 0.717) is 0 Å². The molecule has 3 heterocycles. The summed E-state index contributed by atoms with van der Waals surface area (Å²) in [6.07, 6.45) is 3.65. The lowest BCUT2D eigenvalue weighted by molar-refractivity contribution is 0.626. The monoisotopic (exact) mass is 376 g/mol. The fourth-order valence-electron chi connectivity index (χ4n) is 3.69. The van der Waals surface area contributed by atoms with E-state index in [1.165, 1.54) is 5.56 Å². The first kappa shape index (κ1) is 17.4. The molecule has 0 aliphatic rings. The lowest BCUT2D eigenvalue weighted by atomic mass is 9.99. The summed E-state index contributed by atoms with van der Waals surface area (Å²) in [5.74, 6) is 0.829. The number of rotatable bonds is 3. The molecule has 0 bridgehead atoms. The molecule has 3 nitrogen and oxygen atoms in total. The van der Waals surface area contributed by atoms with Crippen LogP contribution in [0.25, 0.3) is 44.8 Å². The number of pyridine rings is 2. The number of benzene rings is 2. The van der Waals surface area contributed by atoms with Crippen molar-refractivity contribution in [3.63, 3.8) is 0 Å². The maximum absolute atomic E-state index is 6.11. The third kappa shape index (κ3) is 3.21. The molecule has 0 aliphatic heterocycles. The Labute approximate surface area is 169 Å². The van der Waals surface area contributed by atoms with Crippen LogP contribution in [0.15, 0.2) is 89.6 Å². The van der Waals surface area contributed by atoms with E-state index in [4.69, 9.17) is 4.42 Å². The summed E-state index contributed by atoms with van der Waals surface area (Å²) in [4.78, 5) is 8.96. The van der Waals surface area contributed by atoms with Gasteiger partial charge in [-0.3, -0.25) is 9.97 Å². The Balaban J connectivity index is 1.59. The lowest BCUT2D eigenvalue weighted by Crippen LogP contribution is -1.86. The topological polar surface area (TPSA) is 38.9 Å². The van der Waals surface area contributed by atoms with Gasteiger partial charge < -0.3 is 4.42 Å². The number of aromatic nitrogens is 2. The van der Waals surface area contributed by atoms with E-state index in [-0.39, 0.29) is 0 Å². The highest BCUT2D eigenvalue weighted by Crippen LogP contribution is 2.35. The van der Waals surface area contributed by atoms with Crippen molar-refractivity contribution in [3.8, 4) is 33.8 Å². The van der Waals surface area contributed by atoms with Crippen molar-refractivity contribution in [2.75, 3.05) is 0 Å². The third-order valence-electron chi connectivity index (χ3n) is 5.24. The summed E-state index contributed by atoms with van der Waals surface area (Å²) in [6.45, 7) is 4.18. The second-order valence-electron chi connectivity index (χ2n) is 7.28. The first-order valence-electron chi connectivity index (χ1n) is 9.67. The van der Waals surface area contributed by atoms with E-state index in [1.807, 2.05) is 36.5 Å². The van der Waals surface area contributed by atoms with Crippen LogP contribution in [-0.4, -0.2) is 9.97 Å². The molecule has 29 heavy (non-hydrogen) atoms. The van der Waals surface area contributed by atoms with Crippen molar-refractivity contribution in [3.05, 3.63) is 96.3 Å². The molecule has 0 N–H and O–H groups in total. The number of hydrogen-bond acceptors (Lipinski definition) is 3. The van der Waals surface area contributed by atoms with E-state index < -0.39 is 0 Å². The Kier molecular flexibility index (Phi) is 4.21. The van der Waals surface area contributed by atoms with Gasteiger partial charge in [0.2, 0.25) is 0 Å². The van der Waals surface area contributed by atoms with E-state index >= 15 is 0 Å². The number of hydrogen-bond donors (Lipinski definition) is 0. The fraction of sp³-hybridized carbons (Fsp3) is 0.0769. The molecule has 5 aromatic rings. The molecule has 0 spiro atoms. The minimum Gasteiger partial charge on any atom is -0.454 e.